The molecule has 1 radical (unpaired) electrons. The van der Waals surface area contributed by atoms with E-state index in [1.54, 1.807) is 12.1 Å². The summed E-state index contributed by atoms with van der Waals surface area (Å²) in [5.74, 6) is -0.112. The minimum absolute atomic E-state index is 0.112. The van der Waals surface area contributed by atoms with Gasteiger partial charge in [-0.05, 0) is 5.39 Å². The summed E-state index contributed by atoms with van der Waals surface area (Å²) in [6, 6.07) is 8.68. The van der Waals surface area contributed by atoms with Gasteiger partial charge in [-0.1, -0.05) is 24.3 Å². The molecule has 0 saturated heterocycles. The maximum absolute atomic E-state index is 11.8. The summed E-state index contributed by atoms with van der Waals surface area (Å²) in [5.41, 5.74) is 0. The first-order valence-corrected chi connectivity index (χ1v) is 3.98. The van der Waals surface area contributed by atoms with Crippen LogP contribution in [0.1, 0.15) is 0 Å². The molecule has 2 aromatic rings. The van der Waals surface area contributed by atoms with Crippen molar-refractivity contribution in [1.29, 1.82) is 0 Å². The molecule has 0 aliphatic heterocycles. The number of benzene rings is 1. The van der Waals surface area contributed by atoms with Crippen molar-refractivity contribution in [3.63, 3.8) is 0 Å². The minimum atomic E-state index is -2.85. The lowest BCUT2D eigenvalue weighted by atomic mass is 10.2. The largest absolute Gasteiger partial charge is 0.417 e. The molecule has 0 amide bonds. The molecule has 0 aliphatic rings. The van der Waals surface area contributed by atoms with Gasteiger partial charge in [-0.25, -0.2) is 4.98 Å². The van der Waals surface area contributed by atoms with Gasteiger partial charge in [-0.2, -0.15) is 8.78 Å². The molecule has 0 fully saturated rings. The maximum Gasteiger partial charge on any atom is 0.388 e. The molecular formula is C10H6F2NO. The van der Waals surface area contributed by atoms with Gasteiger partial charge < -0.3 is 4.74 Å². The third-order valence-corrected chi connectivity index (χ3v) is 1.74. The summed E-state index contributed by atoms with van der Waals surface area (Å²) in [7, 11) is 0. The fourth-order valence-electron chi connectivity index (χ4n) is 1.16. The number of fused-ring (bicyclic) bond motifs is 1. The predicted molar refractivity (Wildman–Crippen MR) is 47.2 cm³/mol. The zero-order chi connectivity index (χ0) is 9.97. The Morgan fingerprint density at radius 1 is 1.29 bits per heavy atom. The highest BCUT2D eigenvalue weighted by atomic mass is 19.3. The van der Waals surface area contributed by atoms with Gasteiger partial charge in [-0.3, -0.25) is 0 Å². The van der Waals surface area contributed by atoms with Crippen LogP contribution >= 0.6 is 0 Å². The maximum atomic E-state index is 11.8. The number of halogens is 2. The van der Waals surface area contributed by atoms with Gasteiger partial charge in [0.1, 0.15) is 6.20 Å². The monoisotopic (exact) mass is 194 g/mol. The average molecular weight is 194 g/mol. The van der Waals surface area contributed by atoms with Gasteiger partial charge >= 0.3 is 6.61 Å². The van der Waals surface area contributed by atoms with Gasteiger partial charge in [0, 0.05) is 11.5 Å². The van der Waals surface area contributed by atoms with Crippen LogP contribution in [0, 0.1) is 6.20 Å². The zero-order valence-corrected chi connectivity index (χ0v) is 7.08. The third-order valence-electron chi connectivity index (χ3n) is 1.74. The number of alkyl halides is 2. The van der Waals surface area contributed by atoms with E-state index in [0.29, 0.717) is 0 Å². The Morgan fingerprint density at radius 3 is 2.86 bits per heavy atom. The number of aromatic nitrogens is 1. The molecule has 0 saturated carbocycles. The van der Waals surface area contributed by atoms with Crippen molar-refractivity contribution in [1.82, 2.24) is 4.98 Å². The average Bonchev–Trinajstić information content (AvgIpc) is 2.17. The molecule has 0 N–H and O–H groups in total. The van der Waals surface area contributed by atoms with Crippen LogP contribution in [0.4, 0.5) is 8.78 Å². The van der Waals surface area contributed by atoms with Crippen LogP contribution in [0.25, 0.3) is 10.8 Å². The highest BCUT2D eigenvalue weighted by molar-refractivity contribution is 5.81. The quantitative estimate of drug-likeness (QED) is 0.733. The van der Waals surface area contributed by atoms with Gasteiger partial charge in [0.25, 0.3) is 0 Å². The Kier molecular flexibility index (Phi) is 2.26. The van der Waals surface area contributed by atoms with Gasteiger partial charge in [0.2, 0.25) is 5.88 Å². The minimum Gasteiger partial charge on any atom is -0.417 e. The first kappa shape index (κ1) is 8.87. The van der Waals surface area contributed by atoms with Crippen LogP contribution in [-0.4, -0.2) is 11.6 Å². The molecule has 4 heteroatoms. The zero-order valence-electron chi connectivity index (χ0n) is 7.08. The van der Waals surface area contributed by atoms with E-state index in [1.807, 2.05) is 12.1 Å². The summed E-state index contributed by atoms with van der Waals surface area (Å²) in [6.07, 6.45) is 2.62. The molecule has 0 aliphatic carbocycles. The molecule has 1 aromatic heterocycles. The summed E-state index contributed by atoms with van der Waals surface area (Å²) < 4.78 is 27.8. The van der Waals surface area contributed by atoms with E-state index in [4.69, 9.17) is 0 Å². The fourth-order valence-corrected chi connectivity index (χ4v) is 1.16. The van der Waals surface area contributed by atoms with E-state index in [0.717, 1.165) is 10.8 Å². The number of hydrogen-bond donors (Lipinski definition) is 0. The van der Waals surface area contributed by atoms with E-state index in [9.17, 15) is 8.78 Å². The van der Waals surface area contributed by atoms with Crippen LogP contribution < -0.4 is 4.74 Å². The van der Waals surface area contributed by atoms with Crippen LogP contribution in [0.2, 0.25) is 0 Å². The first-order valence-electron chi connectivity index (χ1n) is 3.98. The molecule has 0 bridgehead atoms. The summed E-state index contributed by atoms with van der Waals surface area (Å²) in [6.45, 7) is -2.85. The Labute approximate surface area is 79.1 Å². The second-order valence-corrected chi connectivity index (χ2v) is 2.67. The lowest BCUT2D eigenvalue weighted by molar-refractivity contribution is -0.0527. The van der Waals surface area contributed by atoms with E-state index < -0.39 is 6.61 Å². The van der Waals surface area contributed by atoms with Crippen LogP contribution in [0.15, 0.2) is 30.3 Å². The fraction of sp³-hybridized carbons (Fsp3) is 0.100. The number of hydrogen-bond acceptors (Lipinski definition) is 2. The molecule has 2 rings (SSSR count). The number of nitrogens with zero attached hydrogens (tertiary/aromatic N) is 1. The van der Waals surface area contributed by atoms with Crippen molar-refractivity contribution < 1.29 is 13.5 Å². The molecule has 14 heavy (non-hydrogen) atoms. The lowest BCUT2D eigenvalue weighted by Gasteiger charge is -2.03. The van der Waals surface area contributed by atoms with Crippen molar-refractivity contribution in [2.75, 3.05) is 0 Å². The number of rotatable bonds is 2. The number of pyridine rings is 1. The van der Waals surface area contributed by atoms with E-state index in [-0.39, 0.29) is 5.88 Å². The highest BCUT2D eigenvalue weighted by Gasteiger charge is 2.05. The van der Waals surface area contributed by atoms with E-state index in [2.05, 4.69) is 15.9 Å². The van der Waals surface area contributed by atoms with E-state index >= 15 is 0 Å². The smallest absolute Gasteiger partial charge is 0.388 e. The molecule has 71 valence electrons. The topological polar surface area (TPSA) is 22.1 Å². The molecule has 0 spiro atoms. The van der Waals surface area contributed by atoms with Crippen molar-refractivity contribution in [3.8, 4) is 5.88 Å². The Hall–Kier alpha value is -1.71. The molecule has 1 aromatic carbocycles. The summed E-state index contributed by atoms with van der Waals surface area (Å²) in [5, 5.41) is 1.55. The van der Waals surface area contributed by atoms with E-state index in [1.165, 1.54) is 6.07 Å². The first-order chi connectivity index (χ1) is 6.75. The van der Waals surface area contributed by atoms with Crippen molar-refractivity contribution in [2.45, 2.75) is 6.61 Å². The van der Waals surface area contributed by atoms with Gasteiger partial charge in [0.15, 0.2) is 0 Å². The van der Waals surface area contributed by atoms with Gasteiger partial charge in [-0.15, -0.1) is 0 Å². The third kappa shape index (κ3) is 1.79. The summed E-state index contributed by atoms with van der Waals surface area (Å²) in [4.78, 5) is 3.62. The summed E-state index contributed by atoms with van der Waals surface area (Å²) >= 11 is 0. The Bertz CT molecular complexity index is 445. The second kappa shape index (κ2) is 3.57. The Morgan fingerprint density at radius 2 is 2.07 bits per heavy atom. The molecule has 2 nitrogen and oxygen atoms in total. The Balaban J connectivity index is 2.41. The standard InChI is InChI=1S/C10H6F2NO/c11-10(12)14-9-5-7-3-1-2-4-8(7)6-13-9/h1-5,10H. The SMILES string of the molecule is FC(F)Oc1cc2ccccc2[c]n1. The van der Waals surface area contributed by atoms with Crippen LogP contribution in [-0.2, 0) is 0 Å². The van der Waals surface area contributed by atoms with Crippen molar-refractivity contribution in [2.24, 2.45) is 0 Å². The molecule has 0 unspecified atom stereocenters. The molecule has 0 atom stereocenters. The van der Waals surface area contributed by atoms with Crippen molar-refractivity contribution >= 4 is 10.8 Å². The lowest BCUT2D eigenvalue weighted by Crippen LogP contribution is -2.03. The van der Waals surface area contributed by atoms with Gasteiger partial charge in [0.05, 0.1) is 0 Å². The predicted octanol–water partition coefficient (Wildman–Crippen LogP) is 2.64. The molecular weight excluding hydrogens is 188 g/mol. The molecule has 1 heterocycles. The van der Waals surface area contributed by atoms with Crippen molar-refractivity contribution in [3.05, 3.63) is 36.5 Å². The van der Waals surface area contributed by atoms with Crippen LogP contribution in [0.3, 0.4) is 0 Å². The number of ether oxygens (including phenoxy) is 1. The normalized spacial score (nSPS) is 10.8. The van der Waals surface area contributed by atoms with Crippen LogP contribution in [0.5, 0.6) is 5.88 Å². The second-order valence-electron chi connectivity index (χ2n) is 2.67. The highest BCUT2D eigenvalue weighted by Crippen LogP contribution is 2.18.